The first-order valence-electron chi connectivity index (χ1n) is 9.36. The Balaban J connectivity index is 1.74. The first-order chi connectivity index (χ1) is 11.7. The fraction of sp³-hybridized carbons (Fsp3) is 0.571. The minimum atomic E-state index is -0.0196. The van der Waals surface area contributed by atoms with Crippen LogP contribution in [0.2, 0.25) is 0 Å². The molecule has 0 radical (unpaired) electrons. The Bertz CT molecular complexity index is 600. The maximum Gasteiger partial charge on any atom is 0.255 e. The van der Waals surface area contributed by atoms with Gasteiger partial charge in [-0.05, 0) is 50.7 Å². The summed E-state index contributed by atoms with van der Waals surface area (Å²) in [6.07, 6.45) is 13.8. The fourth-order valence-electron chi connectivity index (χ4n) is 4.34. The Hall–Kier alpha value is -1.77. The molecule has 130 valence electrons. The van der Waals surface area contributed by atoms with Crippen molar-refractivity contribution in [3.63, 3.8) is 0 Å². The number of nitrogens with one attached hydrogen (secondary N) is 1. The van der Waals surface area contributed by atoms with Crippen LogP contribution < -0.4 is 10.1 Å². The monoisotopic (exact) mass is 327 g/mol. The van der Waals surface area contributed by atoms with Crippen molar-refractivity contribution < 1.29 is 9.53 Å². The molecule has 1 saturated carbocycles. The molecular weight excluding hydrogens is 298 g/mol. The van der Waals surface area contributed by atoms with Crippen molar-refractivity contribution >= 4 is 5.91 Å². The normalized spacial score (nSPS) is 20.1. The Morgan fingerprint density at radius 1 is 1.12 bits per heavy atom. The Kier molecular flexibility index (Phi) is 5.60. The lowest BCUT2D eigenvalue weighted by Crippen LogP contribution is -2.40. The molecule has 1 N–H and O–H groups in total. The molecule has 0 aromatic heterocycles. The zero-order valence-corrected chi connectivity index (χ0v) is 14.8. The Morgan fingerprint density at radius 3 is 2.62 bits per heavy atom. The van der Waals surface area contributed by atoms with Gasteiger partial charge in [0.15, 0.2) is 0 Å². The van der Waals surface area contributed by atoms with Crippen molar-refractivity contribution in [2.24, 2.45) is 5.41 Å². The lowest BCUT2D eigenvalue weighted by Gasteiger charge is -2.41. The van der Waals surface area contributed by atoms with E-state index in [2.05, 4.69) is 11.4 Å². The van der Waals surface area contributed by atoms with Crippen LogP contribution in [0.3, 0.4) is 0 Å². The third-order valence-electron chi connectivity index (χ3n) is 5.72. The number of benzene rings is 1. The van der Waals surface area contributed by atoms with E-state index in [0.717, 1.165) is 6.54 Å². The third kappa shape index (κ3) is 3.66. The second kappa shape index (κ2) is 7.87. The number of methoxy groups -OCH3 is 1. The van der Waals surface area contributed by atoms with E-state index >= 15 is 0 Å². The summed E-state index contributed by atoms with van der Waals surface area (Å²) >= 11 is 0. The topological polar surface area (TPSA) is 38.3 Å². The first kappa shape index (κ1) is 17.1. The van der Waals surface area contributed by atoms with Gasteiger partial charge in [0, 0.05) is 12.0 Å². The van der Waals surface area contributed by atoms with E-state index in [1.54, 1.807) is 12.7 Å². The number of allylic oxidation sites excluding steroid dienone is 1. The van der Waals surface area contributed by atoms with Crippen LogP contribution in [-0.2, 0) is 0 Å². The standard InChI is InChI=1S/C21H29NO2/c1-24-19-13-7-6-12-18(19)20(23)22-16-21(14-8-3-9-15-21)17-10-4-2-5-11-17/h6-7,10,12-13H,2-5,8-9,11,14-16H2,1H3,(H,22,23). The van der Waals surface area contributed by atoms with Gasteiger partial charge in [0.1, 0.15) is 5.75 Å². The molecular formula is C21H29NO2. The molecule has 1 amide bonds. The second-order valence-electron chi connectivity index (χ2n) is 7.20. The van der Waals surface area contributed by atoms with E-state index in [1.165, 1.54) is 57.8 Å². The van der Waals surface area contributed by atoms with Crippen LogP contribution in [-0.4, -0.2) is 19.6 Å². The highest BCUT2D eigenvalue weighted by molar-refractivity contribution is 5.96. The molecule has 1 aromatic rings. The van der Waals surface area contributed by atoms with Crippen molar-refractivity contribution in [1.82, 2.24) is 5.32 Å². The Labute approximate surface area is 145 Å². The van der Waals surface area contributed by atoms with Gasteiger partial charge in [0.25, 0.3) is 5.91 Å². The molecule has 0 spiro atoms. The SMILES string of the molecule is COc1ccccc1C(=O)NCC1(C2=CCCCC2)CCCCC1. The molecule has 0 unspecified atom stereocenters. The maximum atomic E-state index is 12.7. The van der Waals surface area contributed by atoms with Crippen LogP contribution in [0.4, 0.5) is 0 Å². The maximum absolute atomic E-state index is 12.7. The first-order valence-corrected chi connectivity index (χ1v) is 9.36. The van der Waals surface area contributed by atoms with Gasteiger partial charge in [0.05, 0.1) is 12.7 Å². The van der Waals surface area contributed by atoms with Gasteiger partial charge in [-0.25, -0.2) is 0 Å². The van der Waals surface area contributed by atoms with Crippen molar-refractivity contribution in [3.8, 4) is 5.75 Å². The molecule has 0 bridgehead atoms. The minimum absolute atomic E-state index is 0.0196. The highest BCUT2D eigenvalue weighted by Crippen LogP contribution is 2.45. The highest BCUT2D eigenvalue weighted by Gasteiger charge is 2.36. The van der Waals surface area contributed by atoms with E-state index in [0.29, 0.717) is 11.3 Å². The van der Waals surface area contributed by atoms with Gasteiger partial charge in [-0.2, -0.15) is 0 Å². The zero-order chi connectivity index (χ0) is 16.8. The fourth-order valence-corrected chi connectivity index (χ4v) is 4.34. The lowest BCUT2D eigenvalue weighted by molar-refractivity contribution is 0.0921. The number of hydrogen-bond donors (Lipinski definition) is 1. The van der Waals surface area contributed by atoms with Crippen LogP contribution in [0.1, 0.15) is 68.1 Å². The predicted octanol–water partition coefficient (Wildman–Crippen LogP) is 4.88. The second-order valence-corrected chi connectivity index (χ2v) is 7.20. The molecule has 3 nitrogen and oxygen atoms in total. The summed E-state index contributed by atoms with van der Waals surface area (Å²) in [5, 5.41) is 3.22. The van der Waals surface area contributed by atoms with Crippen molar-refractivity contribution in [2.75, 3.05) is 13.7 Å². The average Bonchev–Trinajstić information content (AvgIpc) is 2.67. The summed E-state index contributed by atoms with van der Waals surface area (Å²) in [5.74, 6) is 0.624. The number of carbonyl (C=O) groups is 1. The zero-order valence-electron chi connectivity index (χ0n) is 14.8. The van der Waals surface area contributed by atoms with Crippen LogP contribution >= 0.6 is 0 Å². The summed E-state index contributed by atoms with van der Waals surface area (Å²) in [6.45, 7) is 0.760. The summed E-state index contributed by atoms with van der Waals surface area (Å²) in [4.78, 5) is 12.7. The average molecular weight is 327 g/mol. The van der Waals surface area contributed by atoms with Crippen LogP contribution in [0, 0.1) is 5.41 Å². The lowest BCUT2D eigenvalue weighted by atomic mass is 9.66. The molecule has 0 aliphatic heterocycles. The highest BCUT2D eigenvalue weighted by atomic mass is 16.5. The van der Waals surface area contributed by atoms with Gasteiger partial charge in [-0.15, -0.1) is 0 Å². The van der Waals surface area contributed by atoms with Crippen LogP contribution in [0.15, 0.2) is 35.9 Å². The van der Waals surface area contributed by atoms with E-state index in [9.17, 15) is 4.79 Å². The van der Waals surface area contributed by atoms with E-state index in [1.807, 2.05) is 24.3 Å². The Morgan fingerprint density at radius 2 is 1.92 bits per heavy atom. The van der Waals surface area contributed by atoms with E-state index < -0.39 is 0 Å². The summed E-state index contributed by atoms with van der Waals surface area (Å²) in [5.41, 5.74) is 2.42. The molecule has 3 rings (SSSR count). The van der Waals surface area contributed by atoms with Crippen molar-refractivity contribution in [3.05, 3.63) is 41.5 Å². The number of amides is 1. The largest absolute Gasteiger partial charge is 0.496 e. The van der Waals surface area contributed by atoms with Crippen molar-refractivity contribution in [2.45, 2.75) is 57.8 Å². The number of carbonyl (C=O) groups excluding carboxylic acids is 1. The summed E-state index contributed by atoms with van der Waals surface area (Å²) in [6, 6.07) is 7.46. The van der Waals surface area contributed by atoms with Crippen LogP contribution in [0.25, 0.3) is 0 Å². The molecule has 2 aliphatic carbocycles. The number of hydrogen-bond acceptors (Lipinski definition) is 2. The quantitative estimate of drug-likeness (QED) is 0.783. The third-order valence-corrected chi connectivity index (χ3v) is 5.72. The number of rotatable bonds is 5. The van der Waals surface area contributed by atoms with E-state index in [-0.39, 0.29) is 11.3 Å². The summed E-state index contributed by atoms with van der Waals surface area (Å²) in [7, 11) is 1.61. The molecule has 0 atom stereocenters. The van der Waals surface area contributed by atoms with Crippen LogP contribution in [0.5, 0.6) is 5.75 Å². The van der Waals surface area contributed by atoms with Gasteiger partial charge < -0.3 is 10.1 Å². The molecule has 0 saturated heterocycles. The predicted molar refractivity (Wildman–Crippen MR) is 97.4 cm³/mol. The molecule has 24 heavy (non-hydrogen) atoms. The van der Waals surface area contributed by atoms with E-state index in [4.69, 9.17) is 4.74 Å². The number of para-hydroxylation sites is 1. The van der Waals surface area contributed by atoms with Gasteiger partial charge >= 0.3 is 0 Å². The molecule has 2 aliphatic rings. The molecule has 1 fully saturated rings. The molecule has 3 heteroatoms. The smallest absolute Gasteiger partial charge is 0.255 e. The minimum Gasteiger partial charge on any atom is -0.496 e. The molecule has 1 aromatic carbocycles. The summed E-state index contributed by atoms with van der Waals surface area (Å²) < 4.78 is 5.33. The molecule has 0 heterocycles. The number of ether oxygens (including phenoxy) is 1. The van der Waals surface area contributed by atoms with Crippen molar-refractivity contribution in [1.29, 1.82) is 0 Å². The van der Waals surface area contributed by atoms with Gasteiger partial charge in [0.2, 0.25) is 0 Å². The van der Waals surface area contributed by atoms with Gasteiger partial charge in [-0.3, -0.25) is 4.79 Å². The van der Waals surface area contributed by atoms with Gasteiger partial charge in [-0.1, -0.05) is 43.0 Å².